The Labute approximate surface area is 158 Å². The van der Waals surface area contributed by atoms with Crippen LogP contribution in [0.25, 0.3) is 10.8 Å². The van der Waals surface area contributed by atoms with Crippen LogP contribution in [0.2, 0.25) is 5.15 Å². The Balaban J connectivity index is 1.77. The van der Waals surface area contributed by atoms with Gasteiger partial charge in [0.2, 0.25) is 0 Å². The number of hydrogen-bond donors (Lipinski definition) is 0. The lowest BCUT2D eigenvalue weighted by atomic mass is 10.4. The Hall–Kier alpha value is -2.66. The van der Waals surface area contributed by atoms with Gasteiger partial charge in [-0.3, -0.25) is 4.79 Å². The molecule has 0 spiro atoms. The highest BCUT2D eigenvalue weighted by atomic mass is 35.5. The first-order valence-electron chi connectivity index (χ1n) is 7.56. The van der Waals surface area contributed by atoms with E-state index in [-0.39, 0.29) is 23.0 Å². The van der Waals surface area contributed by atoms with Gasteiger partial charge in [-0.05, 0) is 13.0 Å². The third kappa shape index (κ3) is 3.12. The van der Waals surface area contributed by atoms with Crippen molar-refractivity contribution in [2.75, 3.05) is 0 Å². The molecular weight excluding hydrogens is 405 g/mol. The summed E-state index contributed by atoms with van der Waals surface area (Å²) in [6, 6.07) is 3.71. The standard InChI is InChI=1S/C15H10ClF3N6OS/c1-8-13(23-4-2-3-20-23)25-12(26)5-9(21-14(25)27-8)7-24-11(16)6-10(22-24)15(17,18)19/h2-6H,7H2,1H3. The molecule has 27 heavy (non-hydrogen) atoms. The van der Waals surface area contributed by atoms with Gasteiger partial charge in [0.05, 0.1) is 12.2 Å². The van der Waals surface area contributed by atoms with Crippen molar-refractivity contribution in [1.82, 2.24) is 28.9 Å². The fourth-order valence-electron chi connectivity index (χ4n) is 2.65. The first kappa shape index (κ1) is 17.7. The average Bonchev–Trinajstić information content (AvgIpc) is 3.26. The SMILES string of the molecule is Cc1sc2nc(Cn3nc(C(F)(F)F)cc3Cl)cc(=O)n2c1-n1cccn1. The average molecular weight is 415 g/mol. The summed E-state index contributed by atoms with van der Waals surface area (Å²) in [5.74, 6) is 0.570. The zero-order chi connectivity index (χ0) is 19.3. The van der Waals surface area contributed by atoms with E-state index in [4.69, 9.17) is 11.6 Å². The number of alkyl halides is 3. The maximum Gasteiger partial charge on any atom is 0.435 e. The van der Waals surface area contributed by atoms with Crippen LogP contribution in [0.5, 0.6) is 0 Å². The summed E-state index contributed by atoms with van der Waals surface area (Å²) >= 11 is 7.11. The molecule has 0 aliphatic rings. The number of nitrogens with zero attached hydrogens (tertiary/aromatic N) is 6. The summed E-state index contributed by atoms with van der Waals surface area (Å²) in [4.78, 5) is 18.2. The van der Waals surface area contributed by atoms with Crippen LogP contribution in [0.15, 0.2) is 35.4 Å². The van der Waals surface area contributed by atoms with Gasteiger partial charge in [0, 0.05) is 29.4 Å². The number of thiazole rings is 1. The van der Waals surface area contributed by atoms with Gasteiger partial charge in [0.15, 0.2) is 16.5 Å². The van der Waals surface area contributed by atoms with Crippen molar-refractivity contribution in [1.29, 1.82) is 0 Å². The topological polar surface area (TPSA) is 70.0 Å². The number of hydrogen-bond acceptors (Lipinski definition) is 5. The summed E-state index contributed by atoms with van der Waals surface area (Å²) in [5, 5.41) is 7.39. The number of rotatable bonds is 3. The van der Waals surface area contributed by atoms with Crippen molar-refractivity contribution in [3.05, 3.63) is 62.4 Å². The molecule has 4 aromatic rings. The van der Waals surface area contributed by atoms with Crippen LogP contribution >= 0.6 is 22.9 Å². The maximum atomic E-state index is 12.8. The fraction of sp³-hybridized carbons (Fsp3) is 0.200. The van der Waals surface area contributed by atoms with Crippen LogP contribution in [-0.2, 0) is 12.7 Å². The summed E-state index contributed by atoms with van der Waals surface area (Å²) in [5.41, 5.74) is -1.21. The van der Waals surface area contributed by atoms with Crippen molar-refractivity contribution < 1.29 is 13.2 Å². The molecule has 7 nitrogen and oxygen atoms in total. The van der Waals surface area contributed by atoms with Crippen LogP contribution in [0.4, 0.5) is 13.2 Å². The van der Waals surface area contributed by atoms with Crippen LogP contribution in [0.3, 0.4) is 0 Å². The van der Waals surface area contributed by atoms with Crippen molar-refractivity contribution in [2.24, 2.45) is 0 Å². The van der Waals surface area contributed by atoms with Crippen molar-refractivity contribution in [2.45, 2.75) is 19.6 Å². The van der Waals surface area contributed by atoms with E-state index in [2.05, 4.69) is 15.2 Å². The maximum absolute atomic E-state index is 12.8. The van der Waals surface area contributed by atoms with Crippen molar-refractivity contribution in [3.63, 3.8) is 0 Å². The Morgan fingerprint density at radius 2 is 2.07 bits per heavy atom. The van der Waals surface area contributed by atoms with Crippen LogP contribution < -0.4 is 5.56 Å². The second-order valence-electron chi connectivity index (χ2n) is 5.64. The van der Waals surface area contributed by atoms with E-state index in [0.717, 1.165) is 15.6 Å². The highest BCUT2D eigenvalue weighted by Gasteiger charge is 2.34. The zero-order valence-electron chi connectivity index (χ0n) is 13.6. The number of aryl methyl sites for hydroxylation is 1. The minimum Gasteiger partial charge on any atom is -0.269 e. The molecule has 0 radical (unpaired) electrons. The molecule has 0 saturated carbocycles. The van der Waals surface area contributed by atoms with E-state index in [1.807, 2.05) is 6.92 Å². The Bertz CT molecular complexity index is 1190. The Morgan fingerprint density at radius 3 is 2.70 bits per heavy atom. The van der Waals surface area contributed by atoms with E-state index in [0.29, 0.717) is 10.8 Å². The predicted molar refractivity (Wildman–Crippen MR) is 92.5 cm³/mol. The molecule has 0 N–H and O–H groups in total. The molecule has 4 aromatic heterocycles. The summed E-state index contributed by atoms with van der Waals surface area (Å²) in [7, 11) is 0. The van der Waals surface area contributed by atoms with Crippen LogP contribution in [-0.4, -0.2) is 28.9 Å². The molecule has 0 amide bonds. The third-order valence-corrected chi connectivity index (χ3v) is 5.02. The normalized spacial score (nSPS) is 12.2. The van der Waals surface area contributed by atoms with Gasteiger partial charge in [-0.15, -0.1) is 0 Å². The monoisotopic (exact) mass is 414 g/mol. The number of halogens is 4. The molecule has 0 saturated heterocycles. The number of fused-ring (bicyclic) bond motifs is 1. The summed E-state index contributed by atoms with van der Waals surface area (Å²) in [6.45, 7) is 1.67. The fourth-order valence-corrected chi connectivity index (χ4v) is 3.83. The molecule has 12 heteroatoms. The summed E-state index contributed by atoms with van der Waals surface area (Å²) < 4.78 is 42.2. The first-order valence-corrected chi connectivity index (χ1v) is 8.76. The first-order chi connectivity index (χ1) is 12.7. The lowest BCUT2D eigenvalue weighted by Crippen LogP contribution is -2.19. The van der Waals surface area contributed by atoms with Crippen molar-refractivity contribution >= 4 is 27.9 Å². The van der Waals surface area contributed by atoms with Crippen LogP contribution in [0, 0.1) is 6.92 Å². The minimum atomic E-state index is -4.60. The van der Waals surface area contributed by atoms with Gasteiger partial charge < -0.3 is 0 Å². The number of aromatic nitrogens is 6. The highest BCUT2D eigenvalue weighted by molar-refractivity contribution is 7.17. The molecular formula is C15H10ClF3N6OS. The summed E-state index contributed by atoms with van der Waals surface area (Å²) in [6.07, 6.45) is -1.31. The smallest absolute Gasteiger partial charge is 0.269 e. The van der Waals surface area contributed by atoms with E-state index in [1.165, 1.54) is 21.8 Å². The van der Waals surface area contributed by atoms with Gasteiger partial charge in [0.25, 0.3) is 5.56 Å². The highest BCUT2D eigenvalue weighted by Crippen LogP contribution is 2.30. The molecule has 0 bridgehead atoms. The van der Waals surface area contributed by atoms with Gasteiger partial charge in [0.1, 0.15) is 5.15 Å². The molecule has 0 unspecified atom stereocenters. The van der Waals surface area contributed by atoms with Gasteiger partial charge >= 0.3 is 6.18 Å². The molecule has 4 rings (SSSR count). The predicted octanol–water partition coefficient (Wildman–Crippen LogP) is 3.17. The Morgan fingerprint density at radius 1 is 1.30 bits per heavy atom. The third-order valence-electron chi connectivity index (χ3n) is 3.77. The van der Waals surface area contributed by atoms with Crippen molar-refractivity contribution in [3.8, 4) is 5.82 Å². The van der Waals surface area contributed by atoms with E-state index < -0.39 is 11.9 Å². The van der Waals surface area contributed by atoms with Gasteiger partial charge in [-0.25, -0.2) is 18.7 Å². The quantitative estimate of drug-likeness (QED) is 0.516. The second-order valence-corrected chi connectivity index (χ2v) is 7.21. The molecule has 0 aliphatic carbocycles. The van der Waals surface area contributed by atoms with E-state index in [1.54, 1.807) is 23.1 Å². The molecule has 4 heterocycles. The van der Waals surface area contributed by atoms with E-state index in [9.17, 15) is 18.0 Å². The Kier molecular flexibility index (Phi) is 4.07. The van der Waals surface area contributed by atoms with E-state index >= 15 is 0 Å². The van der Waals surface area contributed by atoms with Crippen LogP contribution in [0.1, 0.15) is 16.3 Å². The molecule has 0 atom stereocenters. The largest absolute Gasteiger partial charge is 0.435 e. The second kappa shape index (κ2) is 6.20. The lowest BCUT2D eigenvalue weighted by Gasteiger charge is -2.05. The molecule has 0 fully saturated rings. The zero-order valence-corrected chi connectivity index (χ0v) is 15.2. The molecule has 0 aliphatic heterocycles. The lowest BCUT2D eigenvalue weighted by molar-refractivity contribution is -0.141. The molecule has 0 aromatic carbocycles. The van der Waals surface area contributed by atoms with Gasteiger partial charge in [-0.2, -0.15) is 23.4 Å². The van der Waals surface area contributed by atoms with Gasteiger partial charge in [-0.1, -0.05) is 22.9 Å². The molecule has 140 valence electrons. The minimum absolute atomic E-state index is 0.158.